The molecule has 0 aliphatic carbocycles. The number of aryl methyl sites for hydroxylation is 1. The van der Waals surface area contributed by atoms with Crippen LogP contribution in [0.4, 0.5) is 0 Å². The molecule has 0 unspecified atom stereocenters. The summed E-state index contributed by atoms with van der Waals surface area (Å²) < 4.78 is 5.61. The van der Waals surface area contributed by atoms with Crippen molar-refractivity contribution in [2.24, 2.45) is 0 Å². The third-order valence-corrected chi connectivity index (χ3v) is 2.63. The zero-order valence-electron chi connectivity index (χ0n) is 9.35. The van der Waals surface area contributed by atoms with Crippen LogP contribution >= 0.6 is 11.6 Å². The van der Waals surface area contributed by atoms with Gasteiger partial charge in [-0.15, -0.1) is 0 Å². The molecule has 0 bridgehead atoms. The molecular formula is C13H12ClNO2. The second-order valence-corrected chi connectivity index (χ2v) is 4.07. The molecule has 1 heterocycles. The Balaban J connectivity index is 2.34. The van der Waals surface area contributed by atoms with Crippen molar-refractivity contribution in [1.29, 1.82) is 0 Å². The van der Waals surface area contributed by atoms with Crippen molar-refractivity contribution in [3.63, 3.8) is 0 Å². The van der Waals surface area contributed by atoms with Crippen LogP contribution in [0.1, 0.15) is 11.1 Å². The van der Waals surface area contributed by atoms with Crippen LogP contribution in [0, 0.1) is 6.92 Å². The summed E-state index contributed by atoms with van der Waals surface area (Å²) in [5.41, 5.74) is 1.68. The van der Waals surface area contributed by atoms with Crippen molar-refractivity contribution >= 4 is 11.6 Å². The van der Waals surface area contributed by atoms with Gasteiger partial charge in [0.1, 0.15) is 5.75 Å². The molecule has 1 N–H and O–H groups in total. The van der Waals surface area contributed by atoms with Crippen LogP contribution < -0.4 is 4.74 Å². The molecule has 3 nitrogen and oxygen atoms in total. The van der Waals surface area contributed by atoms with E-state index < -0.39 is 0 Å². The maximum Gasteiger partial charge on any atom is 0.224 e. The van der Waals surface area contributed by atoms with E-state index in [0.29, 0.717) is 22.2 Å². The van der Waals surface area contributed by atoms with E-state index in [2.05, 4.69) is 4.98 Å². The number of hydrogen-bond donors (Lipinski definition) is 1. The fraction of sp³-hybridized carbons (Fsp3) is 0.154. The lowest BCUT2D eigenvalue weighted by Gasteiger charge is -2.10. The molecule has 88 valence electrons. The van der Waals surface area contributed by atoms with Crippen molar-refractivity contribution in [1.82, 2.24) is 4.98 Å². The highest BCUT2D eigenvalue weighted by atomic mass is 35.5. The van der Waals surface area contributed by atoms with Gasteiger partial charge in [0.15, 0.2) is 0 Å². The minimum atomic E-state index is -0.118. The maximum atomic E-state index is 9.17. The molecule has 0 atom stereocenters. The van der Waals surface area contributed by atoms with Gasteiger partial charge >= 0.3 is 0 Å². The molecule has 0 saturated carbocycles. The number of aromatic nitrogens is 1. The van der Waals surface area contributed by atoms with Crippen LogP contribution in [-0.4, -0.2) is 10.1 Å². The first kappa shape index (κ1) is 11.9. The highest BCUT2D eigenvalue weighted by molar-refractivity contribution is 6.32. The molecule has 0 fully saturated rings. The number of halogens is 1. The standard InChI is InChI=1S/C13H12ClNO2/c1-9-4-5-11(14)12(7-9)17-13-10(8-16)3-2-6-15-13/h2-7,16H,8H2,1H3. The van der Waals surface area contributed by atoms with Gasteiger partial charge in [0.25, 0.3) is 0 Å². The molecule has 0 spiro atoms. The van der Waals surface area contributed by atoms with Gasteiger partial charge in [-0.1, -0.05) is 17.7 Å². The molecule has 0 amide bonds. The molecule has 1 aromatic carbocycles. The van der Waals surface area contributed by atoms with Crippen LogP contribution in [0.3, 0.4) is 0 Å². The first-order valence-corrected chi connectivity index (χ1v) is 5.57. The number of pyridine rings is 1. The summed E-state index contributed by atoms with van der Waals surface area (Å²) in [6.45, 7) is 1.83. The van der Waals surface area contributed by atoms with Gasteiger partial charge in [-0.3, -0.25) is 0 Å². The molecule has 2 rings (SSSR count). The molecule has 0 saturated heterocycles. The van der Waals surface area contributed by atoms with Gasteiger partial charge < -0.3 is 9.84 Å². The maximum absolute atomic E-state index is 9.17. The van der Waals surface area contributed by atoms with E-state index in [-0.39, 0.29) is 6.61 Å². The van der Waals surface area contributed by atoms with Gasteiger partial charge in [0.05, 0.1) is 11.6 Å². The summed E-state index contributed by atoms with van der Waals surface area (Å²) in [6, 6.07) is 9.01. The Morgan fingerprint density at radius 1 is 1.35 bits per heavy atom. The topological polar surface area (TPSA) is 42.4 Å². The van der Waals surface area contributed by atoms with Crippen molar-refractivity contribution in [2.75, 3.05) is 0 Å². The Morgan fingerprint density at radius 2 is 2.18 bits per heavy atom. The molecule has 4 heteroatoms. The summed E-state index contributed by atoms with van der Waals surface area (Å²) in [4.78, 5) is 4.07. The van der Waals surface area contributed by atoms with Gasteiger partial charge in [-0.25, -0.2) is 4.98 Å². The van der Waals surface area contributed by atoms with Crippen LogP contribution in [-0.2, 0) is 6.61 Å². The molecule has 2 aromatic rings. The highest BCUT2D eigenvalue weighted by Gasteiger charge is 2.08. The number of aliphatic hydroxyl groups is 1. The minimum absolute atomic E-state index is 0.118. The first-order valence-electron chi connectivity index (χ1n) is 5.19. The summed E-state index contributed by atoms with van der Waals surface area (Å²) in [5, 5.41) is 9.69. The SMILES string of the molecule is Cc1ccc(Cl)c(Oc2ncccc2CO)c1. The van der Waals surface area contributed by atoms with E-state index in [0.717, 1.165) is 5.56 Å². The van der Waals surface area contributed by atoms with Gasteiger partial charge in [-0.2, -0.15) is 0 Å². The number of rotatable bonds is 3. The Morgan fingerprint density at radius 3 is 2.94 bits per heavy atom. The van der Waals surface area contributed by atoms with E-state index in [1.54, 1.807) is 24.4 Å². The Bertz CT molecular complexity index is 529. The largest absolute Gasteiger partial charge is 0.437 e. The third-order valence-electron chi connectivity index (χ3n) is 2.31. The summed E-state index contributed by atoms with van der Waals surface area (Å²) in [6.07, 6.45) is 1.61. The minimum Gasteiger partial charge on any atom is -0.437 e. The number of ether oxygens (including phenoxy) is 1. The average molecular weight is 250 g/mol. The van der Waals surface area contributed by atoms with Crippen molar-refractivity contribution < 1.29 is 9.84 Å². The predicted octanol–water partition coefficient (Wildman–Crippen LogP) is 3.33. The lowest BCUT2D eigenvalue weighted by atomic mass is 10.2. The molecule has 17 heavy (non-hydrogen) atoms. The zero-order valence-corrected chi connectivity index (χ0v) is 10.1. The van der Waals surface area contributed by atoms with Crippen LogP contribution in [0.25, 0.3) is 0 Å². The van der Waals surface area contributed by atoms with Gasteiger partial charge in [-0.05, 0) is 36.8 Å². The quantitative estimate of drug-likeness (QED) is 0.907. The van der Waals surface area contributed by atoms with Crippen LogP contribution in [0.5, 0.6) is 11.6 Å². The van der Waals surface area contributed by atoms with Crippen molar-refractivity contribution in [3.8, 4) is 11.6 Å². The summed E-state index contributed by atoms with van der Waals surface area (Å²) >= 11 is 6.03. The van der Waals surface area contributed by atoms with E-state index in [1.165, 1.54) is 0 Å². The fourth-order valence-electron chi connectivity index (χ4n) is 1.43. The number of aliphatic hydroxyl groups excluding tert-OH is 1. The predicted molar refractivity (Wildman–Crippen MR) is 66.4 cm³/mol. The zero-order chi connectivity index (χ0) is 12.3. The van der Waals surface area contributed by atoms with E-state index >= 15 is 0 Å². The fourth-order valence-corrected chi connectivity index (χ4v) is 1.59. The lowest BCUT2D eigenvalue weighted by Crippen LogP contribution is -1.95. The van der Waals surface area contributed by atoms with Crippen LogP contribution in [0.2, 0.25) is 5.02 Å². The molecule has 0 aliphatic rings. The normalized spacial score (nSPS) is 10.3. The second kappa shape index (κ2) is 5.17. The van der Waals surface area contributed by atoms with Crippen LogP contribution in [0.15, 0.2) is 36.5 Å². The second-order valence-electron chi connectivity index (χ2n) is 3.66. The average Bonchev–Trinajstić information content (AvgIpc) is 2.34. The molecule has 1 aromatic heterocycles. The highest BCUT2D eigenvalue weighted by Crippen LogP contribution is 2.30. The summed E-state index contributed by atoms with van der Waals surface area (Å²) in [7, 11) is 0. The summed E-state index contributed by atoms with van der Waals surface area (Å²) in [5.74, 6) is 0.919. The van der Waals surface area contributed by atoms with Gasteiger partial charge in [0.2, 0.25) is 5.88 Å². The lowest BCUT2D eigenvalue weighted by molar-refractivity contribution is 0.275. The van der Waals surface area contributed by atoms with E-state index in [9.17, 15) is 0 Å². The Kier molecular flexibility index (Phi) is 3.61. The molecular weight excluding hydrogens is 238 g/mol. The van der Waals surface area contributed by atoms with Crippen molar-refractivity contribution in [3.05, 3.63) is 52.7 Å². The van der Waals surface area contributed by atoms with Crippen molar-refractivity contribution in [2.45, 2.75) is 13.5 Å². The molecule has 0 radical (unpaired) electrons. The number of benzene rings is 1. The van der Waals surface area contributed by atoms with Gasteiger partial charge in [0, 0.05) is 11.8 Å². The van der Waals surface area contributed by atoms with E-state index in [1.807, 2.05) is 19.1 Å². The number of nitrogens with zero attached hydrogens (tertiary/aromatic N) is 1. The number of hydrogen-bond acceptors (Lipinski definition) is 3. The molecule has 0 aliphatic heterocycles. The monoisotopic (exact) mass is 249 g/mol. The first-order chi connectivity index (χ1) is 8.20. The Hall–Kier alpha value is -1.58. The third kappa shape index (κ3) is 2.75. The smallest absolute Gasteiger partial charge is 0.224 e. The Labute approximate surface area is 105 Å². The van der Waals surface area contributed by atoms with E-state index in [4.69, 9.17) is 21.4 Å².